The van der Waals surface area contributed by atoms with E-state index in [1.54, 1.807) is 0 Å². The Labute approximate surface area is 94.4 Å². The number of nitrogens with zero attached hydrogens (tertiary/aromatic N) is 2. The van der Waals surface area contributed by atoms with Crippen LogP contribution in [-0.4, -0.2) is 22.3 Å². The molecule has 4 nitrogen and oxygen atoms in total. The number of hydrogen-bond donors (Lipinski definition) is 1. The Morgan fingerprint density at radius 3 is 2.76 bits per heavy atom. The molecule has 7 heteroatoms. The number of aromatic amines is 1. The molecule has 0 amide bonds. The van der Waals surface area contributed by atoms with Crippen molar-refractivity contribution >= 4 is 0 Å². The van der Waals surface area contributed by atoms with Crippen LogP contribution in [0.15, 0.2) is 24.5 Å². The maximum atomic E-state index is 12.5. The van der Waals surface area contributed by atoms with Crippen molar-refractivity contribution in [1.82, 2.24) is 15.2 Å². The van der Waals surface area contributed by atoms with E-state index in [1.807, 2.05) is 0 Å². The molecule has 0 unspecified atom stereocenters. The van der Waals surface area contributed by atoms with Crippen LogP contribution in [0.5, 0.6) is 5.88 Å². The molecule has 17 heavy (non-hydrogen) atoms. The van der Waals surface area contributed by atoms with Gasteiger partial charge in [-0.3, -0.25) is 4.98 Å². The molecule has 0 spiro atoms. The molecule has 0 bridgehead atoms. The SMILES string of the molecule is COc1[nH]ncc1-c1cc(C(F)(F)F)ccn1. The molecule has 0 aliphatic rings. The van der Waals surface area contributed by atoms with Crippen LogP contribution in [0.4, 0.5) is 13.2 Å². The van der Waals surface area contributed by atoms with E-state index in [2.05, 4.69) is 15.2 Å². The highest BCUT2D eigenvalue weighted by Crippen LogP contribution is 2.32. The number of alkyl halides is 3. The predicted molar refractivity (Wildman–Crippen MR) is 53.4 cm³/mol. The Morgan fingerprint density at radius 2 is 2.12 bits per heavy atom. The van der Waals surface area contributed by atoms with Crippen molar-refractivity contribution in [2.45, 2.75) is 6.18 Å². The second-order valence-corrected chi connectivity index (χ2v) is 3.24. The van der Waals surface area contributed by atoms with Crippen LogP contribution in [0.25, 0.3) is 11.3 Å². The number of hydrogen-bond acceptors (Lipinski definition) is 3. The van der Waals surface area contributed by atoms with Gasteiger partial charge in [0, 0.05) is 6.20 Å². The summed E-state index contributed by atoms with van der Waals surface area (Å²) in [5.74, 6) is 0.275. The van der Waals surface area contributed by atoms with Gasteiger partial charge in [0.15, 0.2) is 0 Å². The molecule has 0 saturated carbocycles. The second-order valence-electron chi connectivity index (χ2n) is 3.24. The number of methoxy groups -OCH3 is 1. The molecule has 2 aromatic rings. The van der Waals surface area contributed by atoms with Crippen LogP contribution in [0.1, 0.15) is 5.56 Å². The lowest BCUT2D eigenvalue weighted by Crippen LogP contribution is -2.05. The smallest absolute Gasteiger partial charge is 0.416 e. The summed E-state index contributed by atoms with van der Waals surface area (Å²) in [5.41, 5.74) is -0.213. The first-order chi connectivity index (χ1) is 8.02. The fraction of sp³-hybridized carbons (Fsp3) is 0.200. The first-order valence-electron chi connectivity index (χ1n) is 4.63. The highest BCUT2D eigenvalue weighted by molar-refractivity contribution is 5.64. The number of nitrogens with one attached hydrogen (secondary N) is 1. The van der Waals surface area contributed by atoms with E-state index < -0.39 is 11.7 Å². The third-order valence-electron chi connectivity index (χ3n) is 2.17. The first-order valence-corrected chi connectivity index (χ1v) is 4.63. The van der Waals surface area contributed by atoms with Gasteiger partial charge in [-0.15, -0.1) is 0 Å². The van der Waals surface area contributed by atoms with E-state index in [-0.39, 0.29) is 11.6 Å². The fourth-order valence-electron chi connectivity index (χ4n) is 1.37. The summed E-state index contributed by atoms with van der Waals surface area (Å²) in [6, 6.07) is 1.86. The van der Waals surface area contributed by atoms with Crippen molar-refractivity contribution in [2.75, 3.05) is 7.11 Å². The number of halogens is 3. The largest absolute Gasteiger partial charge is 0.481 e. The normalized spacial score (nSPS) is 11.5. The maximum Gasteiger partial charge on any atom is 0.416 e. The van der Waals surface area contributed by atoms with Crippen LogP contribution in [0, 0.1) is 0 Å². The van der Waals surface area contributed by atoms with Gasteiger partial charge in [0.2, 0.25) is 5.88 Å². The van der Waals surface area contributed by atoms with Gasteiger partial charge in [-0.25, -0.2) is 5.10 Å². The Kier molecular flexibility index (Phi) is 2.74. The minimum Gasteiger partial charge on any atom is -0.481 e. The minimum atomic E-state index is -4.39. The van der Waals surface area contributed by atoms with E-state index in [1.165, 1.54) is 13.3 Å². The molecule has 1 N–H and O–H groups in total. The lowest BCUT2D eigenvalue weighted by molar-refractivity contribution is -0.137. The third-order valence-corrected chi connectivity index (χ3v) is 2.17. The van der Waals surface area contributed by atoms with Gasteiger partial charge in [-0.2, -0.15) is 18.3 Å². The zero-order valence-electron chi connectivity index (χ0n) is 8.75. The van der Waals surface area contributed by atoms with Crippen LogP contribution in [0.3, 0.4) is 0 Å². The van der Waals surface area contributed by atoms with Gasteiger partial charge in [0.25, 0.3) is 0 Å². The van der Waals surface area contributed by atoms with E-state index in [9.17, 15) is 13.2 Å². The van der Waals surface area contributed by atoms with Crippen LogP contribution in [-0.2, 0) is 6.18 Å². The molecule has 0 saturated heterocycles. The average Bonchev–Trinajstić information content (AvgIpc) is 2.76. The van der Waals surface area contributed by atoms with E-state index in [0.29, 0.717) is 5.56 Å². The number of H-pyrrole nitrogens is 1. The zero-order valence-corrected chi connectivity index (χ0v) is 8.75. The number of pyridine rings is 1. The summed E-state index contributed by atoms with van der Waals surface area (Å²) in [4.78, 5) is 3.86. The van der Waals surface area contributed by atoms with Gasteiger partial charge in [-0.1, -0.05) is 0 Å². The molecule has 90 valence electrons. The number of rotatable bonds is 2. The molecule has 2 rings (SSSR count). The molecule has 0 atom stereocenters. The maximum absolute atomic E-state index is 12.5. The Hall–Kier alpha value is -2.05. The quantitative estimate of drug-likeness (QED) is 0.881. The summed E-state index contributed by atoms with van der Waals surface area (Å²) in [7, 11) is 1.39. The monoisotopic (exact) mass is 243 g/mol. The summed E-state index contributed by atoms with van der Waals surface area (Å²) in [6.45, 7) is 0. The predicted octanol–water partition coefficient (Wildman–Crippen LogP) is 2.50. The highest BCUT2D eigenvalue weighted by Gasteiger charge is 2.31. The first kappa shape index (κ1) is 11.4. The van der Waals surface area contributed by atoms with Crippen molar-refractivity contribution in [3.63, 3.8) is 0 Å². The third kappa shape index (κ3) is 2.22. The van der Waals surface area contributed by atoms with E-state index in [4.69, 9.17) is 4.74 Å². The molecular weight excluding hydrogens is 235 g/mol. The average molecular weight is 243 g/mol. The van der Waals surface area contributed by atoms with E-state index in [0.717, 1.165) is 18.3 Å². The van der Waals surface area contributed by atoms with Crippen molar-refractivity contribution in [3.8, 4) is 17.1 Å². The van der Waals surface area contributed by atoms with Crippen LogP contribution >= 0.6 is 0 Å². The minimum absolute atomic E-state index is 0.158. The molecule has 2 heterocycles. The second kappa shape index (κ2) is 4.08. The lowest BCUT2D eigenvalue weighted by Gasteiger charge is -2.07. The molecule has 2 aromatic heterocycles. The molecule has 0 aliphatic carbocycles. The Bertz CT molecular complexity index is 522. The topological polar surface area (TPSA) is 50.8 Å². The van der Waals surface area contributed by atoms with Crippen molar-refractivity contribution in [1.29, 1.82) is 0 Å². The number of aromatic nitrogens is 3. The van der Waals surface area contributed by atoms with Gasteiger partial charge in [-0.05, 0) is 12.1 Å². The van der Waals surface area contributed by atoms with Crippen molar-refractivity contribution in [3.05, 3.63) is 30.1 Å². The van der Waals surface area contributed by atoms with Crippen molar-refractivity contribution in [2.24, 2.45) is 0 Å². The number of ether oxygens (including phenoxy) is 1. The molecule has 0 fully saturated rings. The van der Waals surface area contributed by atoms with Crippen molar-refractivity contribution < 1.29 is 17.9 Å². The molecule has 0 aliphatic heterocycles. The highest BCUT2D eigenvalue weighted by atomic mass is 19.4. The summed E-state index contributed by atoms with van der Waals surface area (Å²) in [5, 5.41) is 6.21. The fourth-order valence-corrected chi connectivity index (χ4v) is 1.37. The Balaban J connectivity index is 2.47. The lowest BCUT2D eigenvalue weighted by atomic mass is 10.1. The van der Waals surface area contributed by atoms with Gasteiger partial charge in [0.05, 0.1) is 30.1 Å². The van der Waals surface area contributed by atoms with Crippen LogP contribution in [0.2, 0.25) is 0 Å². The van der Waals surface area contributed by atoms with Gasteiger partial charge >= 0.3 is 6.18 Å². The van der Waals surface area contributed by atoms with E-state index >= 15 is 0 Å². The zero-order chi connectivity index (χ0) is 12.5. The summed E-state index contributed by atoms with van der Waals surface area (Å²) in [6.07, 6.45) is -1.93. The molecular formula is C10H8F3N3O. The van der Waals surface area contributed by atoms with Gasteiger partial charge in [0.1, 0.15) is 0 Å². The summed E-state index contributed by atoms with van der Waals surface area (Å²) < 4.78 is 42.5. The molecule has 0 radical (unpaired) electrons. The Morgan fingerprint density at radius 1 is 1.35 bits per heavy atom. The standard InChI is InChI=1S/C10H8F3N3O/c1-17-9-7(5-15-16-9)8-4-6(2-3-14-8)10(11,12)13/h2-5H,1H3,(H,15,16). The molecule has 0 aromatic carbocycles. The van der Waals surface area contributed by atoms with Gasteiger partial charge < -0.3 is 4.74 Å². The summed E-state index contributed by atoms with van der Waals surface area (Å²) >= 11 is 0. The van der Waals surface area contributed by atoms with Crippen LogP contribution < -0.4 is 4.74 Å².